The van der Waals surface area contributed by atoms with E-state index in [1.165, 1.54) is 11.1 Å². The van der Waals surface area contributed by atoms with Gasteiger partial charge in [-0.25, -0.2) is 14.0 Å². The third-order valence-electron chi connectivity index (χ3n) is 9.10. The van der Waals surface area contributed by atoms with Crippen molar-refractivity contribution in [2.75, 3.05) is 5.73 Å². The molecular weight excluding hydrogens is 681 g/mol. The van der Waals surface area contributed by atoms with Gasteiger partial charge in [0.1, 0.15) is 5.69 Å². The van der Waals surface area contributed by atoms with Crippen molar-refractivity contribution in [1.82, 2.24) is 58.2 Å². The molecule has 0 aliphatic heterocycles. The minimum Gasteiger partial charge on any atom is -0.394 e. The summed E-state index contributed by atoms with van der Waals surface area (Å²) < 4.78 is 10.6. The van der Waals surface area contributed by atoms with E-state index in [2.05, 4.69) is 79.9 Å². The molecule has 15 nitrogen and oxygen atoms in total. The molecule has 6 aromatic heterocycles. The van der Waals surface area contributed by atoms with Crippen LogP contribution in [-0.4, -0.2) is 58.2 Å². The van der Waals surface area contributed by atoms with Crippen molar-refractivity contribution in [3.05, 3.63) is 118 Å². The molecule has 9 aromatic rings. The molecule has 0 saturated carbocycles. The maximum absolute atomic E-state index is 10.9. The molecule has 0 saturated heterocycles. The van der Waals surface area contributed by atoms with Gasteiger partial charge in [-0.2, -0.15) is 44.1 Å². The molecule has 2 N–H and O–H groups in total. The Morgan fingerprint density at radius 2 is 0.963 bits per heavy atom. The number of nitrogen functional groups attached to an aromatic ring is 1. The Balaban J connectivity index is 0.000000125. The summed E-state index contributed by atoms with van der Waals surface area (Å²) in [6.07, 6.45) is 0. The summed E-state index contributed by atoms with van der Waals surface area (Å²) in [5, 5.41) is 29.8. The van der Waals surface area contributed by atoms with Gasteiger partial charge >= 0.3 is 0 Å². The molecule has 0 aliphatic carbocycles. The highest BCUT2D eigenvalue weighted by Gasteiger charge is 2.20. The van der Waals surface area contributed by atoms with E-state index in [9.17, 15) is 4.91 Å². The molecule has 54 heavy (non-hydrogen) atoms. The topological polar surface area (TPSA) is 161 Å². The van der Waals surface area contributed by atoms with Crippen LogP contribution < -0.4 is 5.73 Å². The SMILES string of the molecule is Cc1cccc(-c2nn(C)c3c(N)c(C)nn23)c1.Cc1cccc(-c2nn(C)c3c(N=O)c(C)nn23)c1.Cc1cccc(-c2nn(C)c3cc(C)nn23)c1. The predicted molar refractivity (Wildman–Crippen MR) is 210 cm³/mol. The number of rotatable bonds is 4. The molecule has 0 fully saturated rings. The molecule has 0 spiro atoms. The van der Waals surface area contributed by atoms with Crippen LogP contribution in [0, 0.1) is 46.4 Å². The first-order valence-electron chi connectivity index (χ1n) is 17.4. The van der Waals surface area contributed by atoms with E-state index >= 15 is 0 Å². The number of aromatic nitrogens is 12. The molecule has 0 unspecified atom stereocenters. The molecule has 0 radical (unpaired) electrons. The van der Waals surface area contributed by atoms with E-state index in [1.54, 1.807) is 32.4 Å². The fourth-order valence-electron chi connectivity index (χ4n) is 6.50. The van der Waals surface area contributed by atoms with Gasteiger partial charge in [0.15, 0.2) is 40.1 Å². The second-order valence-electron chi connectivity index (χ2n) is 13.5. The van der Waals surface area contributed by atoms with Gasteiger partial charge in [-0.15, -0.1) is 4.91 Å². The molecule has 9 rings (SSSR count). The summed E-state index contributed by atoms with van der Waals surface area (Å²) in [5.74, 6) is 2.41. The van der Waals surface area contributed by atoms with Crippen LogP contribution in [0.2, 0.25) is 0 Å². The predicted octanol–water partition coefficient (Wildman–Crippen LogP) is 7.04. The van der Waals surface area contributed by atoms with Crippen molar-refractivity contribution in [3.63, 3.8) is 0 Å². The van der Waals surface area contributed by atoms with Gasteiger partial charge in [0, 0.05) is 43.9 Å². The molecule has 0 amide bonds. The lowest BCUT2D eigenvalue weighted by molar-refractivity contribution is 0.800. The van der Waals surface area contributed by atoms with Crippen LogP contribution in [0.25, 0.3) is 51.1 Å². The molecule has 274 valence electrons. The van der Waals surface area contributed by atoms with Crippen LogP contribution in [0.4, 0.5) is 11.4 Å². The summed E-state index contributed by atoms with van der Waals surface area (Å²) >= 11 is 0. The number of fused-ring (bicyclic) bond motifs is 3. The number of aryl methyl sites for hydroxylation is 9. The first kappa shape index (κ1) is 35.5. The van der Waals surface area contributed by atoms with Crippen molar-refractivity contribution in [2.24, 2.45) is 26.3 Å². The average molecular weight is 723 g/mol. The number of benzene rings is 3. The van der Waals surface area contributed by atoms with Gasteiger partial charge < -0.3 is 5.73 Å². The zero-order valence-corrected chi connectivity index (χ0v) is 31.8. The smallest absolute Gasteiger partial charge is 0.184 e. The van der Waals surface area contributed by atoms with Gasteiger partial charge in [0.05, 0.1) is 17.1 Å². The van der Waals surface area contributed by atoms with Gasteiger partial charge in [0.25, 0.3) is 0 Å². The molecule has 0 bridgehead atoms. The highest BCUT2D eigenvalue weighted by Crippen LogP contribution is 2.29. The minimum absolute atomic E-state index is 0.342. The maximum Gasteiger partial charge on any atom is 0.184 e. The summed E-state index contributed by atoms with van der Waals surface area (Å²) in [5.41, 5.74) is 18.6. The van der Waals surface area contributed by atoms with E-state index in [4.69, 9.17) is 5.73 Å². The number of nitrogens with two attached hydrogens (primary N) is 1. The lowest BCUT2D eigenvalue weighted by atomic mass is 10.1. The van der Waals surface area contributed by atoms with Crippen molar-refractivity contribution in [2.45, 2.75) is 41.5 Å². The third-order valence-corrected chi connectivity index (χ3v) is 9.10. The van der Waals surface area contributed by atoms with Crippen LogP contribution in [0.3, 0.4) is 0 Å². The van der Waals surface area contributed by atoms with E-state index in [0.717, 1.165) is 56.6 Å². The number of nitroso groups, excluding NO2 is 1. The lowest BCUT2D eigenvalue weighted by Crippen LogP contribution is -1.94. The Labute approximate surface area is 311 Å². The zero-order valence-electron chi connectivity index (χ0n) is 31.8. The Morgan fingerprint density at radius 1 is 0.519 bits per heavy atom. The summed E-state index contributed by atoms with van der Waals surface area (Å²) in [6.45, 7) is 11.8. The quantitative estimate of drug-likeness (QED) is 0.189. The fraction of sp³-hybridized carbons (Fsp3) is 0.231. The number of hydrogen-bond donors (Lipinski definition) is 1. The summed E-state index contributed by atoms with van der Waals surface area (Å²) in [4.78, 5) is 10.9. The Bertz CT molecular complexity index is 2820. The standard InChI is InChI=1S/C13H13N5O.C13H15N5.C13H14N4/c1-8-5-4-6-10(7-8)12-15-17(3)13-11(16-19)9(2)14-18(12)13;1-8-5-4-6-10(7-8)12-16-17(3)13-11(14)9(2)15-18(12)13;1-9-5-4-6-11(7-9)13-15-16(3)12-8-10(2)14-17(12)13/h4-7H,1-3H3;4-7H,14H2,1-3H3;4-8H,1-3H3. The van der Waals surface area contributed by atoms with Gasteiger partial charge in [0.2, 0.25) is 0 Å². The summed E-state index contributed by atoms with van der Waals surface area (Å²) in [7, 11) is 5.60. The minimum atomic E-state index is 0.342. The molecule has 3 aromatic carbocycles. The Morgan fingerprint density at radius 3 is 1.46 bits per heavy atom. The monoisotopic (exact) mass is 722 g/mol. The van der Waals surface area contributed by atoms with E-state index < -0.39 is 0 Å². The zero-order chi connectivity index (χ0) is 38.4. The van der Waals surface area contributed by atoms with E-state index in [1.807, 2.05) is 92.6 Å². The Kier molecular flexibility index (Phi) is 9.15. The van der Waals surface area contributed by atoms with E-state index in [-0.39, 0.29) is 0 Å². The van der Waals surface area contributed by atoms with Crippen molar-refractivity contribution < 1.29 is 0 Å². The Hall–Kier alpha value is -6.90. The first-order valence-corrected chi connectivity index (χ1v) is 17.4. The van der Waals surface area contributed by atoms with Crippen LogP contribution in [0.1, 0.15) is 33.8 Å². The van der Waals surface area contributed by atoms with E-state index in [0.29, 0.717) is 28.5 Å². The summed E-state index contributed by atoms with van der Waals surface area (Å²) in [6, 6.07) is 26.5. The van der Waals surface area contributed by atoms with Crippen molar-refractivity contribution >= 4 is 28.3 Å². The van der Waals surface area contributed by atoms with Gasteiger partial charge in [-0.3, -0.25) is 0 Å². The number of anilines is 1. The average Bonchev–Trinajstić information content (AvgIpc) is 3.96. The lowest BCUT2D eigenvalue weighted by Gasteiger charge is -1.98. The van der Waals surface area contributed by atoms with Crippen molar-refractivity contribution in [1.29, 1.82) is 0 Å². The molecule has 0 atom stereocenters. The number of hydrogen-bond acceptors (Lipinski definition) is 9. The largest absolute Gasteiger partial charge is 0.394 e. The van der Waals surface area contributed by atoms with Crippen LogP contribution >= 0.6 is 0 Å². The van der Waals surface area contributed by atoms with Crippen LogP contribution in [-0.2, 0) is 21.1 Å². The first-order chi connectivity index (χ1) is 25.8. The number of nitrogens with zero attached hydrogens (tertiary/aromatic N) is 13. The highest BCUT2D eigenvalue weighted by molar-refractivity contribution is 5.73. The van der Waals surface area contributed by atoms with Gasteiger partial charge in [-0.1, -0.05) is 71.3 Å². The van der Waals surface area contributed by atoms with Crippen molar-refractivity contribution in [3.8, 4) is 34.2 Å². The second-order valence-corrected chi connectivity index (χ2v) is 13.5. The van der Waals surface area contributed by atoms with Crippen LogP contribution in [0.5, 0.6) is 0 Å². The van der Waals surface area contributed by atoms with Crippen LogP contribution in [0.15, 0.2) is 84.0 Å². The maximum atomic E-state index is 10.9. The highest BCUT2D eigenvalue weighted by atomic mass is 16.3. The van der Waals surface area contributed by atoms with Gasteiger partial charge in [-0.05, 0) is 64.9 Å². The third kappa shape index (κ3) is 6.40. The molecule has 0 aliphatic rings. The molecular formula is C39H42N14O. The second kappa shape index (κ2) is 13.9. The molecule has 6 heterocycles. The fourth-order valence-corrected chi connectivity index (χ4v) is 6.50. The normalized spacial score (nSPS) is 11.2. The molecule has 15 heteroatoms.